The molecule has 106 valence electrons. The maximum absolute atomic E-state index is 11.1. The van der Waals surface area contributed by atoms with Crippen molar-refractivity contribution in [2.45, 2.75) is 34.1 Å². The number of Topliss-reactive ketones (excluding diaryl/α,β-unsaturated/α-hetero) is 1. The van der Waals surface area contributed by atoms with Gasteiger partial charge in [0.15, 0.2) is 0 Å². The Morgan fingerprint density at radius 3 is 2.42 bits per heavy atom. The van der Waals surface area contributed by atoms with Crippen LogP contribution in [0.1, 0.15) is 29.2 Å². The number of benzene rings is 1. The van der Waals surface area contributed by atoms with Crippen molar-refractivity contribution in [2.24, 2.45) is 0 Å². The standard InChI is InChI=1S/C16H25NO2/c1-11-9-15(7-8-17(5)10-12(2)18)13(3)14(4)16(11)19-6/h9H,7-8,10H2,1-6H3. The molecule has 0 heterocycles. The summed E-state index contributed by atoms with van der Waals surface area (Å²) < 4.78 is 5.43. The number of methoxy groups -OCH3 is 1. The lowest BCUT2D eigenvalue weighted by Gasteiger charge is -2.18. The number of likely N-dealkylation sites (N-methyl/N-ethyl adjacent to an activating group) is 1. The summed E-state index contributed by atoms with van der Waals surface area (Å²) >= 11 is 0. The van der Waals surface area contributed by atoms with E-state index >= 15 is 0 Å². The number of carbonyl (C=O) groups excluding carboxylic acids is 1. The molecule has 0 spiro atoms. The van der Waals surface area contributed by atoms with Gasteiger partial charge in [-0.1, -0.05) is 6.07 Å². The highest BCUT2D eigenvalue weighted by Crippen LogP contribution is 2.28. The van der Waals surface area contributed by atoms with E-state index in [1.165, 1.54) is 22.3 Å². The Morgan fingerprint density at radius 2 is 1.89 bits per heavy atom. The van der Waals surface area contributed by atoms with Gasteiger partial charge in [-0.05, 0) is 63.4 Å². The second-order valence-corrected chi connectivity index (χ2v) is 5.33. The molecule has 0 saturated carbocycles. The van der Waals surface area contributed by atoms with E-state index < -0.39 is 0 Å². The normalized spacial score (nSPS) is 10.9. The molecular weight excluding hydrogens is 238 g/mol. The number of hydrogen-bond acceptors (Lipinski definition) is 3. The molecule has 1 aromatic carbocycles. The third-order valence-corrected chi connectivity index (χ3v) is 3.59. The van der Waals surface area contributed by atoms with Crippen molar-refractivity contribution in [1.29, 1.82) is 0 Å². The van der Waals surface area contributed by atoms with Crippen LogP contribution in [-0.2, 0) is 11.2 Å². The summed E-state index contributed by atoms with van der Waals surface area (Å²) in [4.78, 5) is 13.1. The highest BCUT2D eigenvalue weighted by Gasteiger charge is 2.11. The topological polar surface area (TPSA) is 29.5 Å². The fraction of sp³-hybridized carbons (Fsp3) is 0.562. The van der Waals surface area contributed by atoms with Gasteiger partial charge in [-0.15, -0.1) is 0 Å². The van der Waals surface area contributed by atoms with E-state index in [1.807, 2.05) is 7.05 Å². The Kier molecular flexibility index (Phi) is 5.55. The number of rotatable bonds is 6. The van der Waals surface area contributed by atoms with Crippen LogP contribution in [0.2, 0.25) is 0 Å². The minimum Gasteiger partial charge on any atom is -0.496 e. The van der Waals surface area contributed by atoms with Crippen molar-refractivity contribution in [2.75, 3.05) is 27.2 Å². The number of carbonyl (C=O) groups is 1. The van der Waals surface area contributed by atoms with E-state index in [1.54, 1.807) is 14.0 Å². The van der Waals surface area contributed by atoms with Crippen LogP contribution in [-0.4, -0.2) is 37.9 Å². The Bertz CT molecular complexity index is 466. The maximum Gasteiger partial charge on any atom is 0.143 e. The van der Waals surface area contributed by atoms with Crippen molar-refractivity contribution in [3.8, 4) is 5.75 Å². The van der Waals surface area contributed by atoms with E-state index in [-0.39, 0.29) is 5.78 Å². The van der Waals surface area contributed by atoms with E-state index in [4.69, 9.17) is 4.74 Å². The van der Waals surface area contributed by atoms with Gasteiger partial charge in [-0.2, -0.15) is 0 Å². The van der Waals surface area contributed by atoms with Gasteiger partial charge in [0.2, 0.25) is 0 Å². The first-order chi connectivity index (χ1) is 8.86. The van der Waals surface area contributed by atoms with Crippen LogP contribution in [0, 0.1) is 20.8 Å². The van der Waals surface area contributed by atoms with E-state index in [9.17, 15) is 4.79 Å². The largest absolute Gasteiger partial charge is 0.496 e. The van der Waals surface area contributed by atoms with Gasteiger partial charge in [-0.3, -0.25) is 9.69 Å². The number of aryl methyl sites for hydroxylation is 1. The van der Waals surface area contributed by atoms with Crippen molar-refractivity contribution in [3.05, 3.63) is 28.3 Å². The van der Waals surface area contributed by atoms with Gasteiger partial charge in [-0.25, -0.2) is 0 Å². The minimum atomic E-state index is 0.210. The van der Waals surface area contributed by atoms with Gasteiger partial charge in [0.1, 0.15) is 11.5 Å². The van der Waals surface area contributed by atoms with Crippen molar-refractivity contribution in [3.63, 3.8) is 0 Å². The number of hydrogen-bond donors (Lipinski definition) is 0. The van der Waals surface area contributed by atoms with Gasteiger partial charge in [0.05, 0.1) is 13.7 Å². The molecule has 0 N–H and O–H groups in total. The number of ketones is 1. The summed E-state index contributed by atoms with van der Waals surface area (Å²) in [5.41, 5.74) is 5.02. The molecule has 1 aromatic rings. The Balaban J connectivity index is 2.82. The molecule has 1 rings (SSSR count). The molecule has 0 atom stereocenters. The number of ether oxygens (including phenoxy) is 1. The average Bonchev–Trinajstić information content (AvgIpc) is 2.32. The van der Waals surface area contributed by atoms with E-state index in [0.29, 0.717) is 6.54 Å². The highest BCUT2D eigenvalue weighted by atomic mass is 16.5. The molecule has 0 saturated heterocycles. The molecular formula is C16H25NO2. The van der Waals surface area contributed by atoms with Crippen LogP contribution in [0.4, 0.5) is 0 Å². The SMILES string of the molecule is COc1c(C)cc(CCN(C)CC(C)=O)c(C)c1C. The first-order valence-electron chi connectivity index (χ1n) is 6.68. The molecule has 0 unspecified atom stereocenters. The summed E-state index contributed by atoms with van der Waals surface area (Å²) in [6.07, 6.45) is 0.960. The number of nitrogens with zero attached hydrogens (tertiary/aromatic N) is 1. The van der Waals surface area contributed by atoms with Crippen LogP contribution in [0.3, 0.4) is 0 Å². The third-order valence-electron chi connectivity index (χ3n) is 3.59. The van der Waals surface area contributed by atoms with Gasteiger partial charge < -0.3 is 4.74 Å². The first-order valence-corrected chi connectivity index (χ1v) is 6.68. The fourth-order valence-electron chi connectivity index (χ4n) is 2.49. The lowest BCUT2D eigenvalue weighted by atomic mass is 9.96. The molecule has 0 amide bonds. The Hall–Kier alpha value is -1.35. The minimum absolute atomic E-state index is 0.210. The summed E-state index contributed by atoms with van der Waals surface area (Å²) in [5, 5.41) is 0. The average molecular weight is 263 g/mol. The smallest absolute Gasteiger partial charge is 0.143 e. The van der Waals surface area contributed by atoms with Crippen molar-refractivity contribution in [1.82, 2.24) is 4.90 Å². The quantitative estimate of drug-likeness (QED) is 0.790. The van der Waals surface area contributed by atoms with Crippen molar-refractivity contribution >= 4 is 5.78 Å². The fourth-order valence-corrected chi connectivity index (χ4v) is 2.49. The molecule has 0 aliphatic carbocycles. The Labute approximate surface area is 116 Å². The first kappa shape index (κ1) is 15.7. The molecule has 0 aliphatic heterocycles. The van der Waals surface area contributed by atoms with Crippen LogP contribution >= 0.6 is 0 Å². The molecule has 0 radical (unpaired) electrons. The van der Waals surface area contributed by atoms with Crippen LogP contribution in [0.5, 0.6) is 5.75 Å². The zero-order valence-corrected chi connectivity index (χ0v) is 13.0. The second kappa shape index (κ2) is 6.71. The van der Waals surface area contributed by atoms with Gasteiger partial charge in [0.25, 0.3) is 0 Å². The lowest BCUT2D eigenvalue weighted by molar-refractivity contribution is -0.117. The van der Waals surface area contributed by atoms with Crippen LogP contribution in [0.15, 0.2) is 6.07 Å². The molecule has 0 aromatic heterocycles. The van der Waals surface area contributed by atoms with Crippen LogP contribution < -0.4 is 4.74 Å². The summed E-state index contributed by atoms with van der Waals surface area (Å²) in [6.45, 7) is 9.36. The predicted octanol–water partition coefficient (Wildman–Crippen LogP) is 2.68. The second-order valence-electron chi connectivity index (χ2n) is 5.33. The molecule has 3 heteroatoms. The third kappa shape index (κ3) is 4.06. The zero-order valence-electron chi connectivity index (χ0n) is 13.0. The Morgan fingerprint density at radius 1 is 1.26 bits per heavy atom. The molecule has 0 bridgehead atoms. The van der Waals surface area contributed by atoms with Crippen LogP contribution in [0.25, 0.3) is 0 Å². The maximum atomic E-state index is 11.1. The van der Waals surface area contributed by atoms with Crippen molar-refractivity contribution < 1.29 is 9.53 Å². The van der Waals surface area contributed by atoms with Gasteiger partial charge >= 0.3 is 0 Å². The highest BCUT2D eigenvalue weighted by molar-refractivity contribution is 5.77. The predicted molar refractivity (Wildman–Crippen MR) is 79.1 cm³/mol. The molecule has 3 nitrogen and oxygen atoms in total. The summed E-state index contributed by atoms with van der Waals surface area (Å²) in [7, 11) is 3.70. The zero-order chi connectivity index (χ0) is 14.6. The molecule has 0 aliphatic rings. The summed E-state index contributed by atoms with van der Waals surface area (Å²) in [6, 6.07) is 2.20. The van der Waals surface area contributed by atoms with E-state index in [0.717, 1.165) is 18.7 Å². The summed E-state index contributed by atoms with van der Waals surface area (Å²) in [5.74, 6) is 1.19. The molecule has 19 heavy (non-hydrogen) atoms. The van der Waals surface area contributed by atoms with Gasteiger partial charge in [0, 0.05) is 6.54 Å². The molecule has 0 fully saturated rings. The monoisotopic (exact) mass is 263 g/mol. The van der Waals surface area contributed by atoms with E-state index in [2.05, 4.69) is 31.7 Å². The lowest BCUT2D eigenvalue weighted by Crippen LogP contribution is -2.26.